The fraction of sp³-hybridized carbons (Fsp3) is 0.286. The van der Waals surface area contributed by atoms with Gasteiger partial charge in [0.25, 0.3) is 10.0 Å². The Kier molecular flexibility index (Phi) is 5.29. The van der Waals surface area contributed by atoms with Gasteiger partial charge < -0.3 is 18.6 Å². The summed E-state index contributed by atoms with van der Waals surface area (Å²) in [7, 11) is -1.33. The maximum atomic E-state index is 12.5. The molecule has 0 aliphatic heterocycles. The first-order chi connectivity index (χ1) is 11.4. The summed E-state index contributed by atoms with van der Waals surface area (Å²) in [4.78, 5) is 15.1. The van der Waals surface area contributed by atoms with Crippen LogP contribution in [-0.2, 0) is 14.8 Å². The van der Waals surface area contributed by atoms with Gasteiger partial charge in [-0.1, -0.05) is 0 Å². The fourth-order valence-electron chi connectivity index (χ4n) is 1.78. The Labute approximate surface area is 138 Å². The van der Waals surface area contributed by atoms with E-state index in [0.717, 1.165) is 6.26 Å². The number of esters is 1. The second-order valence-electron chi connectivity index (χ2n) is 4.38. The molecule has 0 amide bonds. The van der Waals surface area contributed by atoms with Crippen LogP contribution in [-0.4, -0.2) is 40.2 Å². The third-order valence-corrected chi connectivity index (χ3v) is 4.21. The lowest BCUT2D eigenvalue weighted by atomic mass is 10.3. The van der Waals surface area contributed by atoms with Crippen molar-refractivity contribution in [3.8, 4) is 11.5 Å². The van der Waals surface area contributed by atoms with Gasteiger partial charge in [0, 0.05) is 6.07 Å². The predicted octanol–water partition coefficient (Wildman–Crippen LogP) is 1.67. The van der Waals surface area contributed by atoms with Crippen molar-refractivity contribution in [3.05, 3.63) is 30.2 Å². The summed E-state index contributed by atoms with van der Waals surface area (Å²) in [6, 6.07) is 3.92. The highest BCUT2D eigenvalue weighted by Gasteiger charge is 2.24. The van der Waals surface area contributed by atoms with Gasteiger partial charge in [-0.3, -0.25) is 0 Å². The quantitative estimate of drug-likeness (QED) is 0.745. The van der Waals surface area contributed by atoms with Crippen molar-refractivity contribution in [3.63, 3.8) is 0 Å². The Bertz CT molecular complexity index is 829. The van der Waals surface area contributed by atoms with Crippen LogP contribution >= 0.6 is 0 Å². The summed E-state index contributed by atoms with van der Waals surface area (Å²) in [5, 5.41) is 0. The van der Waals surface area contributed by atoms with E-state index in [4.69, 9.17) is 18.6 Å². The molecule has 130 valence electrons. The number of benzene rings is 1. The van der Waals surface area contributed by atoms with E-state index in [1.807, 2.05) is 0 Å². The Hall–Kier alpha value is -2.75. The smallest absolute Gasteiger partial charge is 0.360 e. The zero-order chi connectivity index (χ0) is 17.7. The minimum Gasteiger partial charge on any atom is -0.497 e. The minimum atomic E-state index is -4.08. The molecule has 2 rings (SSSR count). The molecule has 0 saturated heterocycles. The molecule has 0 atom stereocenters. The number of methoxy groups -OCH3 is 2. The predicted molar refractivity (Wildman–Crippen MR) is 82.8 cm³/mol. The highest BCUT2D eigenvalue weighted by Crippen LogP contribution is 2.29. The maximum absolute atomic E-state index is 12.5. The van der Waals surface area contributed by atoms with Gasteiger partial charge in [-0.05, 0) is 19.1 Å². The van der Waals surface area contributed by atoms with Crippen LogP contribution in [0.1, 0.15) is 17.4 Å². The third kappa shape index (κ3) is 3.77. The van der Waals surface area contributed by atoms with Gasteiger partial charge in [-0.2, -0.15) is 4.98 Å². The van der Waals surface area contributed by atoms with Crippen LogP contribution in [0.25, 0.3) is 0 Å². The highest BCUT2D eigenvalue weighted by atomic mass is 32.2. The molecule has 0 radical (unpaired) electrons. The molecule has 0 bridgehead atoms. The van der Waals surface area contributed by atoms with Crippen LogP contribution in [0.2, 0.25) is 0 Å². The number of nitrogens with zero attached hydrogens (tertiary/aromatic N) is 1. The van der Waals surface area contributed by atoms with Crippen LogP contribution in [0.15, 0.2) is 33.8 Å². The second-order valence-corrected chi connectivity index (χ2v) is 6.03. The topological polar surface area (TPSA) is 117 Å². The van der Waals surface area contributed by atoms with Crippen LogP contribution in [0.5, 0.6) is 11.5 Å². The monoisotopic (exact) mass is 356 g/mol. The van der Waals surface area contributed by atoms with Gasteiger partial charge >= 0.3 is 12.0 Å². The molecule has 0 fully saturated rings. The first-order valence-electron chi connectivity index (χ1n) is 6.78. The molecule has 24 heavy (non-hydrogen) atoms. The average molecular weight is 356 g/mol. The molecule has 2 aromatic rings. The van der Waals surface area contributed by atoms with Gasteiger partial charge in [0.05, 0.1) is 20.8 Å². The van der Waals surface area contributed by atoms with Crippen LogP contribution in [0, 0.1) is 0 Å². The van der Waals surface area contributed by atoms with Gasteiger partial charge in [0.15, 0.2) is 5.69 Å². The Morgan fingerprint density at radius 3 is 2.67 bits per heavy atom. The normalized spacial score (nSPS) is 11.0. The molecule has 1 aromatic heterocycles. The molecule has 9 nitrogen and oxygen atoms in total. The van der Waals surface area contributed by atoms with Crippen molar-refractivity contribution >= 4 is 22.0 Å². The molecule has 1 N–H and O–H groups in total. The molecular formula is C14H16N2O7S. The van der Waals surface area contributed by atoms with Gasteiger partial charge in [-0.25, -0.2) is 17.9 Å². The van der Waals surface area contributed by atoms with Gasteiger partial charge in [0.1, 0.15) is 22.7 Å². The molecule has 0 saturated carbocycles. The number of carbonyl (C=O) groups is 1. The number of carbonyl (C=O) groups excluding carboxylic acids is 1. The molecule has 0 aliphatic rings. The molecule has 0 spiro atoms. The second kappa shape index (κ2) is 7.21. The highest BCUT2D eigenvalue weighted by molar-refractivity contribution is 7.92. The van der Waals surface area contributed by atoms with Crippen molar-refractivity contribution in [2.45, 2.75) is 11.8 Å². The summed E-state index contributed by atoms with van der Waals surface area (Å²) in [6.45, 7) is 1.80. The number of hydrogen-bond acceptors (Lipinski definition) is 8. The minimum absolute atomic E-state index is 0.112. The molecule has 1 aromatic carbocycles. The Balaban J connectivity index is 2.30. The van der Waals surface area contributed by atoms with E-state index >= 15 is 0 Å². The first-order valence-corrected chi connectivity index (χ1v) is 8.27. The third-order valence-electron chi connectivity index (χ3n) is 2.87. The number of rotatable bonds is 7. The van der Waals surface area contributed by atoms with Crippen LogP contribution in [0.4, 0.5) is 6.01 Å². The van der Waals surface area contributed by atoms with E-state index in [-0.39, 0.29) is 29.0 Å². The van der Waals surface area contributed by atoms with E-state index < -0.39 is 16.0 Å². The number of anilines is 1. The van der Waals surface area contributed by atoms with Crippen LogP contribution in [0.3, 0.4) is 0 Å². The van der Waals surface area contributed by atoms with Gasteiger partial charge in [0.2, 0.25) is 0 Å². The summed E-state index contributed by atoms with van der Waals surface area (Å²) < 4.78 is 46.9. The summed E-state index contributed by atoms with van der Waals surface area (Å²) in [6.07, 6.45) is 0.999. The zero-order valence-corrected chi connectivity index (χ0v) is 14.0. The van der Waals surface area contributed by atoms with Crippen LogP contribution < -0.4 is 14.2 Å². The zero-order valence-electron chi connectivity index (χ0n) is 13.2. The fourth-order valence-corrected chi connectivity index (χ4v) is 2.90. The molecule has 1 heterocycles. The van der Waals surface area contributed by atoms with Crippen molar-refractivity contribution < 1.29 is 31.8 Å². The Morgan fingerprint density at radius 1 is 1.29 bits per heavy atom. The van der Waals surface area contributed by atoms with Crippen molar-refractivity contribution in [2.24, 2.45) is 0 Å². The summed E-state index contributed by atoms with van der Waals surface area (Å²) >= 11 is 0. The SMILES string of the molecule is CCOC(=O)c1coc(NS(=O)(=O)c2cc(OC)ccc2OC)n1. The van der Waals surface area contributed by atoms with Gasteiger partial charge in [-0.15, -0.1) is 0 Å². The van der Waals surface area contributed by atoms with E-state index in [0.29, 0.717) is 5.75 Å². The lowest BCUT2D eigenvalue weighted by Crippen LogP contribution is -2.15. The number of hydrogen-bond donors (Lipinski definition) is 1. The number of ether oxygens (including phenoxy) is 3. The van der Waals surface area contributed by atoms with Crippen molar-refractivity contribution in [2.75, 3.05) is 25.5 Å². The largest absolute Gasteiger partial charge is 0.497 e. The van der Waals surface area contributed by atoms with E-state index in [1.165, 1.54) is 26.4 Å². The molecule has 0 unspecified atom stereocenters. The maximum Gasteiger partial charge on any atom is 0.360 e. The standard InChI is InChI=1S/C14H16N2O7S/c1-4-22-13(17)10-8-23-14(15-10)16-24(18,19)12-7-9(20-2)5-6-11(12)21-3/h5-8H,4H2,1-3H3,(H,15,16). The molecule has 0 aliphatic carbocycles. The summed E-state index contributed by atoms with van der Waals surface area (Å²) in [5.41, 5.74) is -0.146. The summed E-state index contributed by atoms with van der Waals surface area (Å²) in [5.74, 6) is -0.276. The average Bonchev–Trinajstić information content (AvgIpc) is 3.02. The number of aromatic nitrogens is 1. The first kappa shape index (κ1) is 17.6. The molecule has 10 heteroatoms. The Morgan fingerprint density at radius 2 is 2.04 bits per heavy atom. The van der Waals surface area contributed by atoms with E-state index in [9.17, 15) is 13.2 Å². The van der Waals surface area contributed by atoms with E-state index in [2.05, 4.69) is 9.71 Å². The molecular weight excluding hydrogens is 340 g/mol. The number of oxazole rings is 1. The number of sulfonamides is 1. The lowest BCUT2D eigenvalue weighted by Gasteiger charge is -2.11. The van der Waals surface area contributed by atoms with Crippen molar-refractivity contribution in [1.82, 2.24) is 4.98 Å². The van der Waals surface area contributed by atoms with Crippen molar-refractivity contribution in [1.29, 1.82) is 0 Å². The number of nitrogens with one attached hydrogen (secondary N) is 1. The van der Waals surface area contributed by atoms with E-state index in [1.54, 1.807) is 13.0 Å². The lowest BCUT2D eigenvalue weighted by molar-refractivity contribution is 0.0519.